The summed E-state index contributed by atoms with van der Waals surface area (Å²) in [6.45, 7) is 20.6. The molecule has 0 unspecified atom stereocenters. The van der Waals surface area contributed by atoms with E-state index in [4.69, 9.17) is 25.4 Å². The molecule has 2 aliphatic rings. The second kappa shape index (κ2) is 51.6. The van der Waals surface area contributed by atoms with E-state index in [9.17, 15) is 19.2 Å². The number of ketones is 4. The summed E-state index contributed by atoms with van der Waals surface area (Å²) in [5.41, 5.74) is 24.1. The molecular weight excluding hydrogens is 2520 g/mol. The molecule has 19 rings (SSSR count). The molecule has 5 radical (unpaired) electrons. The second-order valence-corrected chi connectivity index (χ2v) is 31.7. The number of carbonyl (C=O) groups is 4. The predicted molar refractivity (Wildman–Crippen MR) is 511 cm³/mol. The summed E-state index contributed by atoms with van der Waals surface area (Å²) in [4.78, 5) is 63.4. The van der Waals surface area contributed by atoms with Crippen LogP contribution in [0.3, 0.4) is 0 Å². The van der Waals surface area contributed by atoms with Crippen LogP contribution in [-0.2, 0) is 131 Å². The summed E-state index contributed by atoms with van der Waals surface area (Å²) in [6, 6.07) is 122. The number of benzene rings is 12. The van der Waals surface area contributed by atoms with E-state index < -0.39 is 0 Å². The standard InChI is InChI=1S/2C24H18N.2C15H10N.C13H8NS.4C5H8O2.5Ir/c1-24(2)20-9-5-4-8-18(20)19-13-11-17(15-21(19)24)23-14-12-16-7-3-6-10-22(16)25-23;1-24(2)21-10-6-5-9-19(21)20-12-11-17(15-22(20)24)23-18-8-4-3-7-16(18)13-14-25-23;2*1-2-6-12(7-3-1)15-11-10-13-8-4-5-9-14(13)16-15;1-2-6-10(7-3-1)13-14-11-8-4-5-9-12(11)15-13;4*1-4(6)3-5(2)7;;;;;/h2*3-10,12-15H,1-2H3;2*1-6,8-11H;1-6,8-9H;4*3,6H,1-2H3;;;;;/q5*-1;;;;;;;;;. The zero-order chi connectivity index (χ0) is 89.2. The zero-order valence-electron chi connectivity index (χ0n) is 73.6. The number of carbonyl (C=O) groups excluding carboxylic acids is 4. The van der Waals surface area contributed by atoms with Gasteiger partial charge in [0.2, 0.25) is 0 Å². The van der Waals surface area contributed by atoms with Crippen molar-refractivity contribution in [2.75, 3.05) is 0 Å². The molecule has 0 saturated carbocycles. The van der Waals surface area contributed by atoms with E-state index in [0.717, 1.165) is 77.7 Å². The Labute approximate surface area is 832 Å². The maximum Gasteiger partial charge on any atom is 0.155 e. The third-order valence-corrected chi connectivity index (χ3v) is 21.0. The molecule has 0 saturated heterocycles. The molecule has 0 amide bonds. The molecule has 17 aromatic rings. The monoisotopic (exact) mass is 2620 g/mol. The van der Waals surface area contributed by atoms with Gasteiger partial charge in [0.25, 0.3) is 0 Å². The fourth-order valence-electron chi connectivity index (χ4n) is 14.3. The number of aliphatic hydroxyl groups is 4. The van der Waals surface area contributed by atoms with E-state index in [1.54, 1.807) is 11.3 Å². The Hall–Kier alpha value is -11.7. The Morgan fingerprint density at radius 1 is 0.308 bits per heavy atom. The van der Waals surface area contributed by atoms with Crippen molar-refractivity contribution in [3.63, 3.8) is 0 Å². The first-order valence-corrected chi connectivity index (χ1v) is 41.5. The van der Waals surface area contributed by atoms with Crippen molar-refractivity contribution in [2.24, 2.45) is 0 Å². The number of hydrogen-bond acceptors (Lipinski definition) is 14. The topological polar surface area (TPSA) is 214 Å². The van der Waals surface area contributed by atoms with Crippen molar-refractivity contribution >= 4 is 88.2 Å². The van der Waals surface area contributed by atoms with Crippen molar-refractivity contribution in [3.8, 4) is 77.9 Å². The van der Waals surface area contributed by atoms with Crippen LogP contribution in [0.25, 0.3) is 132 Å². The number of aliphatic hydroxyl groups excluding tert-OH is 4. The van der Waals surface area contributed by atoms with Gasteiger partial charge in [-0.05, 0) is 163 Å². The number of thiazole rings is 1. The molecule has 19 heteroatoms. The zero-order valence-corrected chi connectivity index (χ0v) is 86.4. The van der Waals surface area contributed by atoms with Crippen LogP contribution < -0.4 is 0 Å². The van der Waals surface area contributed by atoms with Gasteiger partial charge in [-0.3, -0.25) is 39.1 Å². The molecule has 2 aliphatic carbocycles. The van der Waals surface area contributed by atoms with E-state index in [2.05, 4.69) is 236 Å². The van der Waals surface area contributed by atoms with Crippen LogP contribution >= 0.6 is 11.3 Å². The third-order valence-electron chi connectivity index (χ3n) is 19.9. The number of pyridine rings is 4. The number of para-hydroxylation sites is 4. The first kappa shape index (κ1) is 107. The Morgan fingerprint density at radius 3 is 1.02 bits per heavy atom. The molecule has 0 atom stereocenters. The first-order valence-electron chi connectivity index (χ1n) is 40.6. The molecule has 0 fully saturated rings. The van der Waals surface area contributed by atoms with Gasteiger partial charge in [-0.25, -0.2) is 0 Å². The van der Waals surface area contributed by atoms with Crippen LogP contribution in [0.15, 0.2) is 363 Å². The molecule has 5 heterocycles. The third kappa shape index (κ3) is 29.6. The first-order chi connectivity index (χ1) is 60.1. The number of allylic oxidation sites excluding steroid dienone is 8. The average molecular weight is 2620 g/mol. The van der Waals surface area contributed by atoms with Crippen molar-refractivity contribution in [1.82, 2.24) is 24.9 Å². The van der Waals surface area contributed by atoms with Crippen molar-refractivity contribution in [3.05, 3.63) is 416 Å². The quantitative estimate of drug-likeness (QED) is 0.0602. The minimum atomic E-state index is -0.125. The normalized spacial score (nSPS) is 11.8. The minimum absolute atomic E-state index is 0. The fraction of sp³-hybridized carbons (Fsp3) is 0.126. The summed E-state index contributed by atoms with van der Waals surface area (Å²) in [7, 11) is 0. The van der Waals surface area contributed by atoms with Gasteiger partial charge in [0.05, 0.1) is 45.1 Å². The van der Waals surface area contributed by atoms with E-state index >= 15 is 0 Å². The summed E-state index contributed by atoms with van der Waals surface area (Å²) < 4.78 is 1.23. The number of nitrogens with zero attached hydrogens (tertiary/aromatic N) is 5. The van der Waals surface area contributed by atoms with Crippen LogP contribution in [-0.4, -0.2) is 68.5 Å². The molecule has 669 valence electrons. The van der Waals surface area contributed by atoms with Gasteiger partial charge in [0.1, 0.15) is 0 Å². The fourth-order valence-corrected chi connectivity index (χ4v) is 15.3. The molecule has 12 aromatic carbocycles. The van der Waals surface area contributed by atoms with Crippen molar-refractivity contribution in [2.45, 2.75) is 93.9 Å². The van der Waals surface area contributed by atoms with Crippen LogP contribution in [0, 0.1) is 30.3 Å². The largest absolute Gasteiger partial charge is 0.512 e. The van der Waals surface area contributed by atoms with Gasteiger partial charge < -0.3 is 25.4 Å². The predicted octanol–water partition coefficient (Wildman–Crippen LogP) is 27.3. The Balaban J connectivity index is 0.000000234. The van der Waals surface area contributed by atoms with Gasteiger partial charge in [-0.15, -0.1) is 166 Å². The molecule has 0 bridgehead atoms. The number of rotatable bonds is 9. The summed E-state index contributed by atoms with van der Waals surface area (Å²) in [5.74, 6) is -0.250. The van der Waals surface area contributed by atoms with Crippen LogP contribution in [0.1, 0.15) is 105 Å². The number of aromatic nitrogens is 5. The van der Waals surface area contributed by atoms with Gasteiger partial charge in [0, 0.05) is 141 Å². The van der Waals surface area contributed by atoms with E-state index in [1.165, 1.54) is 156 Å². The van der Waals surface area contributed by atoms with Gasteiger partial charge in [0.15, 0.2) is 23.1 Å². The van der Waals surface area contributed by atoms with E-state index in [1.807, 2.05) is 158 Å². The Kier molecular flexibility index (Phi) is 42.5. The van der Waals surface area contributed by atoms with Crippen LogP contribution in [0.4, 0.5) is 0 Å². The second-order valence-electron chi connectivity index (χ2n) is 30.6. The molecule has 0 aliphatic heterocycles. The maximum absolute atomic E-state index is 10.0. The van der Waals surface area contributed by atoms with Gasteiger partial charge in [-0.2, -0.15) is 11.3 Å². The summed E-state index contributed by atoms with van der Waals surface area (Å²) in [5, 5.41) is 40.4. The maximum atomic E-state index is 10.0. The minimum Gasteiger partial charge on any atom is -0.512 e. The summed E-state index contributed by atoms with van der Waals surface area (Å²) >= 11 is 1.71. The Bertz CT molecular complexity index is 6530. The molecule has 5 aromatic heterocycles. The van der Waals surface area contributed by atoms with Crippen LogP contribution in [0.2, 0.25) is 0 Å². The van der Waals surface area contributed by atoms with E-state index in [-0.39, 0.29) is 158 Å². The molecule has 0 spiro atoms. The molecular formula is C111H96Ir5N5O8S-5. The molecule has 4 N–H and O–H groups in total. The van der Waals surface area contributed by atoms with Crippen molar-refractivity contribution < 1.29 is 140 Å². The number of hydrogen-bond donors (Lipinski definition) is 4. The van der Waals surface area contributed by atoms with Gasteiger partial charge >= 0.3 is 0 Å². The molecule has 13 nitrogen and oxygen atoms in total. The summed E-state index contributed by atoms with van der Waals surface area (Å²) in [6.07, 6.45) is 6.55. The molecule has 130 heavy (non-hydrogen) atoms. The van der Waals surface area contributed by atoms with Crippen LogP contribution in [0.5, 0.6) is 0 Å². The average Bonchev–Trinajstić information content (AvgIpc) is 1.54. The SMILES string of the molecule is CC(=O)C=C(C)O.CC(=O)C=C(C)O.CC(=O)C=C(C)O.CC(=O)C=C(C)O.CC1(C)c2ccccc2-c2c[c-]c(-c3ccc4ccccc4n3)cc21.CC1(C)c2ccccc2-c2c[c-]c(-c3nccc4ccccc34)cc21.[Ir].[Ir].[Ir].[Ir].[Ir].[c-]1ccccc1-c1ccc2ccccc2n1.[c-]1ccccc1-c1ccc2ccccc2n1.[c-]1ccccc1-c1nc2ccccc2s1. The van der Waals surface area contributed by atoms with E-state index in [0.29, 0.717) is 0 Å². The van der Waals surface area contributed by atoms with Gasteiger partial charge in [-0.1, -0.05) is 226 Å². The smallest absolute Gasteiger partial charge is 0.155 e. The number of fused-ring (bicyclic) bond motifs is 11. The van der Waals surface area contributed by atoms with Crippen molar-refractivity contribution in [1.29, 1.82) is 0 Å². The Morgan fingerprint density at radius 2 is 0.638 bits per heavy atom.